The van der Waals surface area contributed by atoms with Crippen LogP contribution in [0.25, 0.3) is 16.9 Å². The van der Waals surface area contributed by atoms with Gasteiger partial charge in [0.1, 0.15) is 11.4 Å². The third-order valence-electron chi connectivity index (χ3n) is 6.27. The zero-order valence-electron chi connectivity index (χ0n) is 21.6. The van der Waals surface area contributed by atoms with Crippen LogP contribution >= 0.6 is 0 Å². The van der Waals surface area contributed by atoms with Crippen molar-refractivity contribution in [2.24, 2.45) is 0 Å². The molecule has 1 fully saturated rings. The van der Waals surface area contributed by atoms with Gasteiger partial charge in [0, 0.05) is 42.8 Å². The number of benzene rings is 2. The van der Waals surface area contributed by atoms with Crippen molar-refractivity contribution in [3.05, 3.63) is 54.9 Å². The van der Waals surface area contributed by atoms with Gasteiger partial charge in [0.2, 0.25) is 11.9 Å². The highest BCUT2D eigenvalue weighted by Gasteiger charge is 2.17. The van der Waals surface area contributed by atoms with Crippen molar-refractivity contribution in [2.75, 3.05) is 64.8 Å². The number of aromatic nitrogens is 3. The Morgan fingerprint density at radius 2 is 1.74 bits per heavy atom. The zero-order chi connectivity index (χ0) is 26.5. The number of hydrogen-bond acceptors (Lipinski definition) is 9. The molecule has 0 aliphatic carbocycles. The molecule has 2 N–H and O–H groups in total. The largest absolute Gasteiger partial charge is 0.495 e. The van der Waals surface area contributed by atoms with Crippen LogP contribution in [0.2, 0.25) is 0 Å². The second-order valence-corrected chi connectivity index (χ2v) is 8.67. The quantitative estimate of drug-likeness (QED) is 0.344. The first kappa shape index (κ1) is 25.3. The van der Waals surface area contributed by atoms with Gasteiger partial charge in [0.25, 0.3) is 0 Å². The van der Waals surface area contributed by atoms with Gasteiger partial charge in [-0.3, -0.25) is 14.1 Å². The Labute approximate surface area is 220 Å². The molecule has 0 spiro atoms. The van der Waals surface area contributed by atoms with Gasteiger partial charge in [0.05, 0.1) is 52.5 Å². The maximum absolute atomic E-state index is 12.7. The maximum Gasteiger partial charge on any atom is 0.238 e. The number of ether oxygens (including phenoxy) is 4. The number of anilines is 3. The lowest BCUT2D eigenvalue weighted by molar-refractivity contribution is -0.118. The number of hydrogen-bond donors (Lipinski definition) is 2. The topological polar surface area (TPSA) is 111 Å². The molecule has 1 amide bonds. The monoisotopic (exact) mass is 518 g/mol. The van der Waals surface area contributed by atoms with Crippen molar-refractivity contribution in [1.29, 1.82) is 0 Å². The van der Waals surface area contributed by atoms with Gasteiger partial charge in [-0.05, 0) is 36.4 Å². The van der Waals surface area contributed by atoms with E-state index in [1.165, 1.54) is 0 Å². The molecule has 1 aliphatic heterocycles. The Morgan fingerprint density at radius 1 is 0.974 bits per heavy atom. The SMILES string of the molecule is COc1ccc(Nc2nc(-c3ccc(OC)c(OC)c3)cc3nccn23)cc1NC(=O)CN1CCOCC1. The Balaban J connectivity index is 1.42. The molecule has 4 aromatic rings. The number of imidazole rings is 1. The summed E-state index contributed by atoms with van der Waals surface area (Å²) in [6.45, 7) is 3.02. The van der Waals surface area contributed by atoms with E-state index in [1.54, 1.807) is 33.6 Å². The van der Waals surface area contributed by atoms with E-state index in [9.17, 15) is 4.79 Å². The third kappa shape index (κ3) is 5.48. The molecule has 2 aromatic carbocycles. The lowest BCUT2D eigenvalue weighted by Gasteiger charge is -2.26. The van der Waals surface area contributed by atoms with E-state index in [4.69, 9.17) is 23.9 Å². The van der Waals surface area contributed by atoms with Crippen LogP contribution in [0.1, 0.15) is 0 Å². The van der Waals surface area contributed by atoms with Crippen LogP contribution in [0.4, 0.5) is 17.3 Å². The van der Waals surface area contributed by atoms with Crippen LogP contribution in [0.5, 0.6) is 17.2 Å². The van der Waals surface area contributed by atoms with Crippen LogP contribution < -0.4 is 24.8 Å². The van der Waals surface area contributed by atoms with E-state index in [-0.39, 0.29) is 12.5 Å². The zero-order valence-corrected chi connectivity index (χ0v) is 21.6. The van der Waals surface area contributed by atoms with Crippen LogP contribution in [-0.2, 0) is 9.53 Å². The molecule has 0 unspecified atom stereocenters. The summed E-state index contributed by atoms with van der Waals surface area (Å²) in [7, 11) is 4.77. The van der Waals surface area contributed by atoms with Crippen molar-refractivity contribution in [2.45, 2.75) is 0 Å². The highest BCUT2D eigenvalue weighted by atomic mass is 16.5. The smallest absolute Gasteiger partial charge is 0.238 e. The maximum atomic E-state index is 12.7. The molecule has 5 rings (SSSR count). The summed E-state index contributed by atoms with van der Waals surface area (Å²) < 4.78 is 23.5. The molecule has 11 nitrogen and oxygen atoms in total. The molecule has 1 aliphatic rings. The molecule has 1 saturated heterocycles. The predicted molar refractivity (Wildman–Crippen MR) is 144 cm³/mol. The molecule has 0 saturated carbocycles. The number of amides is 1. The number of rotatable bonds is 9. The van der Waals surface area contributed by atoms with E-state index in [1.807, 2.05) is 47.0 Å². The van der Waals surface area contributed by atoms with E-state index in [0.29, 0.717) is 47.8 Å². The fourth-order valence-electron chi connectivity index (χ4n) is 4.32. The molecule has 38 heavy (non-hydrogen) atoms. The number of morpholine rings is 1. The van der Waals surface area contributed by atoms with Gasteiger partial charge in [-0.1, -0.05) is 0 Å². The van der Waals surface area contributed by atoms with Crippen LogP contribution in [0.3, 0.4) is 0 Å². The Morgan fingerprint density at radius 3 is 2.50 bits per heavy atom. The minimum absolute atomic E-state index is 0.118. The van der Waals surface area contributed by atoms with E-state index < -0.39 is 0 Å². The van der Waals surface area contributed by atoms with Gasteiger partial charge in [0.15, 0.2) is 11.5 Å². The van der Waals surface area contributed by atoms with Gasteiger partial charge in [-0.2, -0.15) is 0 Å². The van der Waals surface area contributed by atoms with Crippen molar-refractivity contribution in [3.8, 4) is 28.5 Å². The number of nitrogens with one attached hydrogen (secondary N) is 2. The summed E-state index contributed by atoms with van der Waals surface area (Å²) >= 11 is 0. The van der Waals surface area contributed by atoms with Gasteiger partial charge in [-0.25, -0.2) is 9.97 Å². The number of carbonyl (C=O) groups is 1. The first-order chi connectivity index (χ1) is 18.6. The average molecular weight is 519 g/mol. The summed E-state index contributed by atoms with van der Waals surface area (Å²) in [6, 6.07) is 13.0. The van der Waals surface area contributed by atoms with Crippen molar-refractivity contribution >= 4 is 28.9 Å². The summed E-state index contributed by atoms with van der Waals surface area (Å²) in [5.74, 6) is 2.24. The normalized spacial score (nSPS) is 13.8. The minimum atomic E-state index is -0.118. The molecular formula is C27H30N6O5. The first-order valence-corrected chi connectivity index (χ1v) is 12.2. The number of fused-ring (bicyclic) bond motifs is 1. The molecule has 3 heterocycles. The first-order valence-electron chi connectivity index (χ1n) is 12.2. The number of nitrogens with zero attached hydrogens (tertiary/aromatic N) is 4. The Hall–Kier alpha value is -4.35. The standard InChI is InChI=1S/C27H30N6O5/c1-35-22-7-5-19(15-21(22)30-26(34)17-32-10-12-38-13-11-32)29-27-31-20(16-25-28-8-9-33(25)27)18-4-6-23(36-2)24(14-18)37-3/h4-9,14-16H,10-13,17H2,1-3H3,(H,29,31)(H,30,34). The van der Waals surface area contributed by atoms with Crippen molar-refractivity contribution < 1.29 is 23.7 Å². The van der Waals surface area contributed by atoms with Crippen LogP contribution in [0.15, 0.2) is 54.9 Å². The Kier molecular flexibility index (Phi) is 7.57. The summed E-state index contributed by atoms with van der Waals surface area (Å²) in [4.78, 5) is 24.1. The van der Waals surface area contributed by atoms with Crippen LogP contribution in [-0.4, -0.2) is 79.4 Å². The predicted octanol–water partition coefficient (Wildman–Crippen LogP) is 3.44. The summed E-state index contributed by atoms with van der Waals surface area (Å²) in [5, 5.41) is 6.34. The second kappa shape index (κ2) is 11.4. The minimum Gasteiger partial charge on any atom is -0.495 e. The Bertz CT molecular complexity index is 1430. The molecule has 0 radical (unpaired) electrons. The average Bonchev–Trinajstić information content (AvgIpc) is 3.42. The van der Waals surface area contributed by atoms with E-state index >= 15 is 0 Å². The highest BCUT2D eigenvalue weighted by molar-refractivity contribution is 5.94. The van der Waals surface area contributed by atoms with Crippen LogP contribution in [0, 0.1) is 0 Å². The molecular weight excluding hydrogens is 488 g/mol. The molecule has 2 aromatic heterocycles. The molecule has 0 atom stereocenters. The lowest BCUT2D eigenvalue weighted by Crippen LogP contribution is -2.41. The highest BCUT2D eigenvalue weighted by Crippen LogP contribution is 2.33. The number of methoxy groups -OCH3 is 3. The van der Waals surface area contributed by atoms with E-state index in [0.717, 1.165) is 30.0 Å². The van der Waals surface area contributed by atoms with Crippen molar-refractivity contribution in [1.82, 2.24) is 19.3 Å². The molecule has 198 valence electrons. The third-order valence-corrected chi connectivity index (χ3v) is 6.27. The van der Waals surface area contributed by atoms with Gasteiger partial charge < -0.3 is 29.6 Å². The summed E-state index contributed by atoms with van der Waals surface area (Å²) in [6.07, 6.45) is 3.55. The van der Waals surface area contributed by atoms with Gasteiger partial charge >= 0.3 is 0 Å². The fraction of sp³-hybridized carbons (Fsp3) is 0.296. The molecule has 11 heteroatoms. The van der Waals surface area contributed by atoms with Gasteiger partial charge in [-0.15, -0.1) is 0 Å². The summed E-state index contributed by atoms with van der Waals surface area (Å²) in [5.41, 5.74) is 3.56. The second-order valence-electron chi connectivity index (χ2n) is 8.67. The van der Waals surface area contributed by atoms with E-state index in [2.05, 4.69) is 20.5 Å². The van der Waals surface area contributed by atoms with Crippen molar-refractivity contribution in [3.63, 3.8) is 0 Å². The lowest BCUT2D eigenvalue weighted by atomic mass is 10.1. The fourth-order valence-corrected chi connectivity index (χ4v) is 4.32. The number of carbonyl (C=O) groups excluding carboxylic acids is 1. The molecule has 0 bridgehead atoms.